The predicted octanol–water partition coefficient (Wildman–Crippen LogP) is 3.54. The van der Waals surface area contributed by atoms with Crippen LogP contribution < -0.4 is 15.4 Å². The molecule has 4 aliphatic rings. The van der Waals surface area contributed by atoms with Crippen molar-refractivity contribution in [3.05, 3.63) is 64.5 Å². The molecule has 0 spiro atoms. The highest BCUT2D eigenvalue weighted by Gasteiger charge is 2.39. The van der Waals surface area contributed by atoms with Crippen LogP contribution in [-0.4, -0.2) is 47.9 Å². The molecule has 3 heterocycles. The van der Waals surface area contributed by atoms with Gasteiger partial charge < -0.3 is 15.0 Å². The molecule has 3 amide bonds. The summed E-state index contributed by atoms with van der Waals surface area (Å²) in [5, 5.41) is 14.0. The highest BCUT2D eigenvalue weighted by atomic mass is 19.1. The number of amides is 3. The van der Waals surface area contributed by atoms with Gasteiger partial charge in [-0.3, -0.25) is 19.7 Å². The molecular formula is C29H31FN4O4. The molecule has 0 bridgehead atoms. The van der Waals surface area contributed by atoms with Crippen LogP contribution >= 0.6 is 0 Å². The van der Waals surface area contributed by atoms with Gasteiger partial charge in [-0.15, -0.1) is 0 Å². The number of carbonyl (C=O) groups excluding carboxylic acids is 3. The number of hydrogen-bond acceptors (Lipinski definition) is 6. The van der Waals surface area contributed by atoms with Gasteiger partial charge in [-0.25, -0.2) is 4.39 Å². The molecular weight excluding hydrogens is 487 g/mol. The van der Waals surface area contributed by atoms with Gasteiger partial charge in [0.1, 0.15) is 23.7 Å². The highest BCUT2D eigenvalue weighted by Crippen LogP contribution is 2.31. The predicted molar refractivity (Wildman–Crippen MR) is 137 cm³/mol. The first-order chi connectivity index (χ1) is 18.4. The fourth-order valence-corrected chi connectivity index (χ4v) is 5.40. The number of ether oxygens (including phenoxy) is 1. The van der Waals surface area contributed by atoms with Gasteiger partial charge in [-0.1, -0.05) is 12.5 Å². The molecule has 0 aromatic heterocycles. The molecule has 6 rings (SSSR count). The van der Waals surface area contributed by atoms with Crippen molar-refractivity contribution in [1.29, 1.82) is 5.26 Å². The molecule has 0 radical (unpaired) electrons. The SMILES string of the molecule is N#Cc1ccc(C2CNC2)cc1F.O=C1CCC(N2Cc3cc(OC4CCCCC4)ccc3C2=O)C(=O)N1. The summed E-state index contributed by atoms with van der Waals surface area (Å²) in [5.74, 6) is 0.0103. The second kappa shape index (κ2) is 11.3. The minimum Gasteiger partial charge on any atom is -0.490 e. The van der Waals surface area contributed by atoms with Crippen LogP contribution in [0.2, 0.25) is 0 Å². The molecule has 2 aromatic rings. The van der Waals surface area contributed by atoms with Crippen LogP contribution in [0.3, 0.4) is 0 Å². The van der Waals surface area contributed by atoms with E-state index in [1.165, 1.54) is 25.3 Å². The smallest absolute Gasteiger partial charge is 0.255 e. The van der Waals surface area contributed by atoms with Gasteiger partial charge in [0.25, 0.3) is 5.91 Å². The largest absolute Gasteiger partial charge is 0.490 e. The van der Waals surface area contributed by atoms with E-state index >= 15 is 0 Å². The van der Waals surface area contributed by atoms with Gasteiger partial charge in [-0.2, -0.15) is 5.26 Å². The second-order valence-electron chi connectivity index (χ2n) is 10.3. The molecule has 2 saturated heterocycles. The molecule has 38 heavy (non-hydrogen) atoms. The van der Waals surface area contributed by atoms with Gasteiger partial charge in [0.15, 0.2) is 0 Å². The molecule has 1 aliphatic carbocycles. The van der Waals surface area contributed by atoms with Crippen molar-refractivity contribution < 1.29 is 23.5 Å². The van der Waals surface area contributed by atoms with E-state index in [-0.39, 0.29) is 35.8 Å². The summed E-state index contributed by atoms with van der Waals surface area (Å²) < 4.78 is 19.2. The van der Waals surface area contributed by atoms with E-state index in [2.05, 4.69) is 10.6 Å². The van der Waals surface area contributed by atoms with Gasteiger partial charge in [0.2, 0.25) is 11.8 Å². The molecule has 198 valence electrons. The van der Waals surface area contributed by atoms with E-state index in [1.807, 2.05) is 18.2 Å². The van der Waals surface area contributed by atoms with Crippen LogP contribution in [0.25, 0.3) is 0 Å². The van der Waals surface area contributed by atoms with Gasteiger partial charge in [0.05, 0.1) is 11.7 Å². The molecule has 2 aromatic carbocycles. The summed E-state index contributed by atoms with van der Waals surface area (Å²) in [4.78, 5) is 37.6. The van der Waals surface area contributed by atoms with E-state index in [1.54, 1.807) is 23.1 Å². The Morgan fingerprint density at radius 3 is 2.45 bits per heavy atom. The molecule has 1 unspecified atom stereocenters. The van der Waals surface area contributed by atoms with Crippen molar-refractivity contribution >= 4 is 17.7 Å². The molecule has 3 aliphatic heterocycles. The highest BCUT2D eigenvalue weighted by molar-refractivity contribution is 6.05. The van der Waals surface area contributed by atoms with E-state index in [9.17, 15) is 18.8 Å². The van der Waals surface area contributed by atoms with Crippen LogP contribution in [-0.2, 0) is 16.1 Å². The van der Waals surface area contributed by atoms with Crippen LogP contribution in [0.4, 0.5) is 4.39 Å². The minimum atomic E-state index is -0.569. The zero-order valence-corrected chi connectivity index (χ0v) is 21.2. The third kappa shape index (κ3) is 5.55. The van der Waals surface area contributed by atoms with Crippen molar-refractivity contribution in [1.82, 2.24) is 15.5 Å². The number of halogens is 1. The number of rotatable bonds is 4. The first-order valence-electron chi connectivity index (χ1n) is 13.3. The normalized spacial score (nSPS) is 21.5. The minimum absolute atomic E-state index is 0.121. The van der Waals surface area contributed by atoms with Crippen LogP contribution in [0.5, 0.6) is 5.75 Å². The number of nitrogens with one attached hydrogen (secondary N) is 2. The third-order valence-electron chi connectivity index (χ3n) is 7.72. The lowest BCUT2D eigenvalue weighted by Gasteiger charge is -2.29. The zero-order valence-electron chi connectivity index (χ0n) is 21.2. The number of imide groups is 1. The maximum atomic E-state index is 13.1. The van der Waals surface area contributed by atoms with E-state index < -0.39 is 11.9 Å². The standard InChI is InChI=1S/C19H22N2O4.C10H9FN2/c22-17-9-8-16(18(23)20-17)21-11-12-10-14(6-7-15(12)19(21)24)25-13-4-2-1-3-5-13;11-10-3-7(9-5-13-6-9)1-2-8(10)4-12/h6-7,10,13,16H,1-5,8-9,11H2,(H,20,22,23);1-3,9,13H,5-6H2. The number of benzene rings is 2. The Hall–Kier alpha value is -3.77. The maximum Gasteiger partial charge on any atom is 0.255 e. The lowest BCUT2D eigenvalue weighted by Crippen LogP contribution is -2.52. The number of nitrogens with zero attached hydrogens (tertiary/aromatic N) is 2. The van der Waals surface area contributed by atoms with Crippen molar-refractivity contribution in [3.8, 4) is 11.8 Å². The van der Waals surface area contributed by atoms with Crippen LogP contribution in [0, 0.1) is 17.1 Å². The van der Waals surface area contributed by atoms with Gasteiger partial charge in [-0.05, 0) is 73.6 Å². The molecule has 1 atom stereocenters. The number of carbonyl (C=O) groups is 3. The molecule has 9 heteroatoms. The van der Waals surface area contributed by atoms with Gasteiger partial charge in [0, 0.05) is 37.5 Å². The lowest BCUT2D eigenvalue weighted by molar-refractivity contribution is -0.136. The van der Waals surface area contributed by atoms with Crippen LogP contribution in [0.15, 0.2) is 36.4 Å². The number of nitriles is 1. The number of fused-ring (bicyclic) bond motifs is 1. The van der Waals surface area contributed by atoms with E-state index in [0.29, 0.717) is 24.4 Å². The summed E-state index contributed by atoms with van der Waals surface area (Å²) in [7, 11) is 0. The Labute approximate surface area is 221 Å². The average molecular weight is 519 g/mol. The van der Waals surface area contributed by atoms with E-state index in [0.717, 1.165) is 42.8 Å². The average Bonchev–Trinajstić information content (AvgIpc) is 3.19. The summed E-state index contributed by atoms with van der Waals surface area (Å²) in [6.45, 7) is 2.21. The van der Waals surface area contributed by atoms with Crippen molar-refractivity contribution in [3.63, 3.8) is 0 Å². The number of piperidine rings is 1. The van der Waals surface area contributed by atoms with Crippen molar-refractivity contribution in [2.75, 3.05) is 13.1 Å². The quantitative estimate of drug-likeness (QED) is 0.599. The Kier molecular flexibility index (Phi) is 7.70. The molecule has 2 N–H and O–H groups in total. The Balaban J connectivity index is 0.000000190. The molecule has 1 saturated carbocycles. The second-order valence-corrected chi connectivity index (χ2v) is 10.3. The molecule has 3 fully saturated rings. The Morgan fingerprint density at radius 1 is 1.00 bits per heavy atom. The lowest BCUT2D eigenvalue weighted by atomic mass is 9.93. The first kappa shape index (κ1) is 25.9. The molecule has 8 nitrogen and oxygen atoms in total. The summed E-state index contributed by atoms with van der Waals surface area (Å²) in [6, 6.07) is 11.6. The van der Waals surface area contributed by atoms with Crippen molar-refractivity contribution in [2.45, 2.75) is 69.6 Å². The fourth-order valence-electron chi connectivity index (χ4n) is 5.40. The summed E-state index contributed by atoms with van der Waals surface area (Å²) >= 11 is 0. The van der Waals surface area contributed by atoms with E-state index in [4.69, 9.17) is 10.00 Å². The first-order valence-corrected chi connectivity index (χ1v) is 13.3. The monoisotopic (exact) mass is 518 g/mol. The fraction of sp³-hybridized carbons (Fsp3) is 0.448. The Morgan fingerprint density at radius 2 is 1.79 bits per heavy atom. The summed E-state index contributed by atoms with van der Waals surface area (Å²) in [6.07, 6.45) is 6.77. The zero-order chi connectivity index (χ0) is 26.6. The summed E-state index contributed by atoms with van der Waals surface area (Å²) in [5.41, 5.74) is 2.62. The maximum absolute atomic E-state index is 13.1. The van der Waals surface area contributed by atoms with Crippen LogP contribution in [0.1, 0.15) is 77.9 Å². The van der Waals surface area contributed by atoms with Crippen molar-refractivity contribution in [2.24, 2.45) is 0 Å². The third-order valence-corrected chi connectivity index (χ3v) is 7.72. The number of hydrogen-bond donors (Lipinski definition) is 2. The Bertz CT molecular complexity index is 1280. The topological polar surface area (TPSA) is 112 Å². The van der Waals surface area contributed by atoms with Gasteiger partial charge >= 0.3 is 0 Å².